The van der Waals surface area contributed by atoms with Gasteiger partial charge in [-0.3, -0.25) is 9.59 Å². The van der Waals surface area contributed by atoms with Crippen LogP contribution >= 0.6 is 11.6 Å². The Kier molecular flexibility index (Phi) is 7.76. The van der Waals surface area contributed by atoms with Crippen LogP contribution in [0.3, 0.4) is 0 Å². The molecule has 0 fully saturated rings. The van der Waals surface area contributed by atoms with Gasteiger partial charge in [0.15, 0.2) is 5.78 Å². The average molecular weight is 477 g/mol. The zero-order chi connectivity index (χ0) is 24.0. The molecule has 0 aromatic heterocycles. The third-order valence-electron chi connectivity index (χ3n) is 4.89. The van der Waals surface area contributed by atoms with Gasteiger partial charge in [-0.25, -0.2) is 0 Å². The third-order valence-corrected chi connectivity index (χ3v) is 5.14. The first-order chi connectivity index (χ1) is 15.6. The lowest BCUT2D eigenvalue weighted by atomic mass is 10.0. The van der Waals surface area contributed by atoms with Crippen LogP contribution in [0.1, 0.15) is 39.9 Å². The zero-order valence-electron chi connectivity index (χ0n) is 17.4. The van der Waals surface area contributed by atoms with Gasteiger partial charge in [0.2, 0.25) is 0 Å². The molecule has 0 bridgehead atoms. The molecule has 172 valence electrons. The van der Waals surface area contributed by atoms with E-state index >= 15 is 0 Å². The Balaban J connectivity index is 1.64. The first kappa shape index (κ1) is 24.3. The first-order valence-electron chi connectivity index (χ1n) is 10.1. The predicted octanol–water partition coefficient (Wildman–Crippen LogP) is 6.98. The van der Waals surface area contributed by atoms with Gasteiger partial charge in [0.1, 0.15) is 11.5 Å². The van der Waals surface area contributed by atoms with Crippen LogP contribution in [0, 0.1) is 0 Å². The molecule has 0 radical (unpaired) electrons. The smallest absolute Gasteiger partial charge is 0.419 e. The zero-order valence-corrected chi connectivity index (χ0v) is 18.1. The van der Waals surface area contributed by atoms with E-state index in [1.807, 2.05) is 12.1 Å². The minimum Gasteiger partial charge on any atom is -0.481 e. The Bertz CT molecular complexity index is 1120. The SMILES string of the molecule is O=C(O)Cc1ccc(Oc2ccc(C(=O)CCCc3ccc(Cl)cc3)cc2)c(C(F)(F)F)c1. The summed E-state index contributed by atoms with van der Waals surface area (Å²) in [6.45, 7) is 0. The van der Waals surface area contributed by atoms with Crippen LogP contribution in [-0.2, 0) is 23.8 Å². The molecule has 0 heterocycles. The molecule has 3 rings (SSSR count). The number of alkyl halides is 3. The normalized spacial score (nSPS) is 11.3. The van der Waals surface area contributed by atoms with Gasteiger partial charge >= 0.3 is 12.1 Å². The van der Waals surface area contributed by atoms with Crippen molar-refractivity contribution in [1.82, 2.24) is 0 Å². The highest BCUT2D eigenvalue weighted by Gasteiger charge is 2.35. The minimum atomic E-state index is -4.72. The molecule has 3 aromatic rings. The number of Topliss-reactive ketones (excluding diaryl/α,β-unsaturated/α-hetero) is 1. The highest BCUT2D eigenvalue weighted by Crippen LogP contribution is 2.39. The molecule has 3 aromatic carbocycles. The van der Waals surface area contributed by atoms with Crippen molar-refractivity contribution in [3.05, 3.63) is 94.0 Å². The van der Waals surface area contributed by atoms with Gasteiger partial charge < -0.3 is 9.84 Å². The predicted molar refractivity (Wildman–Crippen MR) is 118 cm³/mol. The van der Waals surface area contributed by atoms with E-state index < -0.39 is 29.9 Å². The lowest BCUT2D eigenvalue weighted by Crippen LogP contribution is -2.09. The van der Waals surface area contributed by atoms with Crippen LogP contribution in [0.25, 0.3) is 0 Å². The van der Waals surface area contributed by atoms with Crippen molar-refractivity contribution < 1.29 is 32.6 Å². The number of ether oxygens (including phenoxy) is 1. The molecule has 0 saturated heterocycles. The van der Waals surface area contributed by atoms with E-state index in [2.05, 4.69) is 0 Å². The summed E-state index contributed by atoms with van der Waals surface area (Å²) in [5.74, 6) is -1.63. The molecule has 0 saturated carbocycles. The average Bonchev–Trinajstić information content (AvgIpc) is 2.75. The van der Waals surface area contributed by atoms with Crippen molar-refractivity contribution in [3.63, 3.8) is 0 Å². The second-order valence-electron chi connectivity index (χ2n) is 7.43. The van der Waals surface area contributed by atoms with Gasteiger partial charge in [0, 0.05) is 17.0 Å². The van der Waals surface area contributed by atoms with E-state index in [0.29, 0.717) is 23.4 Å². The molecule has 0 atom stereocenters. The van der Waals surface area contributed by atoms with Crippen LogP contribution in [-0.4, -0.2) is 16.9 Å². The number of ketones is 1. The fourth-order valence-electron chi connectivity index (χ4n) is 3.26. The van der Waals surface area contributed by atoms with Crippen molar-refractivity contribution in [1.29, 1.82) is 0 Å². The lowest BCUT2D eigenvalue weighted by molar-refractivity contribution is -0.139. The maximum Gasteiger partial charge on any atom is 0.419 e. The van der Waals surface area contributed by atoms with Crippen LogP contribution in [0.5, 0.6) is 11.5 Å². The largest absolute Gasteiger partial charge is 0.481 e. The number of carboxylic acid groups (broad SMARTS) is 1. The number of benzene rings is 3. The number of carbonyl (C=O) groups is 2. The van der Waals surface area contributed by atoms with Gasteiger partial charge in [0.25, 0.3) is 0 Å². The first-order valence-corrected chi connectivity index (χ1v) is 10.5. The molecule has 0 unspecified atom stereocenters. The van der Waals surface area contributed by atoms with Crippen molar-refractivity contribution in [3.8, 4) is 11.5 Å². The van der Waals surface area contributed by atoms with Crippen molar-refractivity contribution >= 4 is 23.4 Å². The monoisotopic (exact) mass is 476 g/mol. The Morgan fingerprint density at radius 1 is 0.909 bits per heavy atom. The second kappa shape index (κ2) is 10.5. The Morgan fingerprint density at radius 3 is 2.15 bits per heavy atom. The summed E-state index contributed by atoms with van der Waals surface area (Å²) in [6.07, 6.45) is -3.55. The summed E-state index contributed by atoms with van der Waals surface area (Å²) in [6, 6.07) is 16.4. The van der Waals surface area contributed by atoms with Crippen LogP contribution < -0.4 is 4.74 Å². The van der Waals surface area contributed by atoms with Crippen molar-refractivity contribution in [2.45, 2.75) is 31.9 Å². The summed E-state index contributed by atoms with van der Waals surface area (Å²) < 4.78 is 45.7. The van der Waals surface area contributed by atoms with E-state index in [0.717, 1.165) is 24.1 Å². The maximum atomic E-state index is 13.4. The molecule has 4 nitrogen and oxygen atoms in total. The van der Waals surface area contributed by atoms with Crippen molar-refractivity contribution in [2.24, 2.45) is 0 Å². The molecule has 33 heavy (non-hydrogen) atoms. The standard InChI is InChI=1S/C25H20ClF3O4/c26-19-9-4-16(5-10-19)2-1-3-22(30)18-7-11-20(12-8-18)33-23-13-6-17(15-24(31)32)14-21(23)25(27,28)29/h4-14H,1-3,15H2,(H,31,32). The summed E-state index contributed by atoms with van der Waals surface area (Å²) in [7, 11) is 0. The molecule has 0 aliphatic rings. The Labute approximate surface area is 193 Å². The van der Waals surface area contributed by atoms with E-state index in [1.54, 1.807) is 12.1 Å². The maximum absolute atomic E-state index is 13.4. The quantitative estimate of drug-likeness (QED) is 0.338. The summed E-state index contributed by atoms with van der Waals surface area (Å²) in [5, 5.41) is 9.46. The van der Waals surface area contributed by atoms with E-state index in [1.165, 1.54) is 30.3 Å². The lowest BCUT2D eigenvalue weighted by Gasteiger charge is -2.15. The number of hydrogen-bond acceptors (Lipinski definition) is 3. The molecule has 0 aliphatic heterocycles. The van der Waals surface area contributed by atoms with E-state index in [-0.39, 0.29) is 17.1 Å². The van der Waals surface area contributed by atoms with Gasteiger partial charge in [-0.15, -0.1) is 0 Å². The van der Waals surface area contributed by atoms with Crippen LogP contribution in [0.4, 0.5) is 13.2 Å². The molecule has 0 amide bonds. The molecule has 8 heteroatoms. The number of carboxylic acids is 1. The highest BCUT2D eigenvalue weighted by molar-refractivity contribution is 6.30. The van der Waals surface area contributed by atoms with E-state index in [9.17, 15) is 22.8 Å². The number of aryl methyl sites for hydroxylation is 1. The number of hydrogen-bond donors (Lipinski definition) is 1. The highest BCUT2D eigenvalue weighted by atomic mass is 35.5. The number of aliphatic carboxylic acids is 1. The van der Waals surface area contributed by atoms with Gasteiger partial charge in [0.05, 0.1) is 12.0 Å². The molecular formula is C25H20ClF3O4. The van der Waals surface area contributed by atoms with Gasteiger partial charge in [-0.1, -0.05) is 29.8 Å². The fourth-order valence-corrected chi connectivity index (χ4v) is 3.38. The summed E-state index contributed by atoms with van der Waals surface area (Å²) >= 11 is 5.85. The molecule has 0 spiro atoms. The van der Waals surface area contributed by atoms with E-state index in [4.69, 9.17) is 21.4 Å². The fraction of sp³-hybridized carbons (Fsp3) is 0.200. The van der Waals surface area contributed by atoms with Gasteiger partial charge in [-0.05, 0) is 72.5 Å². The number of carbonyl (C=O) groups excluding carboxylic acids is 1. The Morgan fingerprint density at radius 2 is 1.55 bits per heavy atom. The van der Waals surface area contributed by atoms with Crippen molar-refractivity contribution in [2.75, 3.05) is 0 Å². The minimum absolute atomic E-state index is 0.0155. The summed E-state index contributed by atoms with van der Waals surface area (Å²) in [5.41, 5.74) is 0.461. The number of halogens is 4. The summed E-state index contributed by atoms with van der Waals surface area (Å²) in [4.78, 5) is 23.2. The molecule has 1 N–H and O–H groups in total. The third kappa shape index (κ3) is 7.08. The van der Waals surface area contributed by atoms with Crippen LogP contribution in [0.2, 0.25) is 5.02 Å². The Hall–Kier alpha value is -3.32. The second-order valence-corrected chi connectivity index (χ2v) is 7.86. The molecule has 0 aliphatic carbocycles. The molecular weight excluding hydrogens is 457 g/mol. The van der Waals surface area contributed by atoms with Crippen LogP contribution in [0.15, 0.2) is 66.7 Å². The number of rotatable bonds is 9. The topological polar surface area (TPSA) is 63.6 Å². The van der Waals surface area contributed by atoms with Gasteiger partial charge in [-0.2, -0.15) is 13.2 Å².